The zero-order valence-corrected chi connectivity index (χ0v) is 15.7. The maximum absolute atomic E-state index is 12.6. The number of hydrogen-bond donors (Lipinski definition) is 4. The summed E-state index contributed by atoms with van der Waals surface area (Å²) in [7, 11) is 1.82. The van der Waals surface area contributed by atoms with Gasteiger partial charge in [-0.3, -0.25) is 14.9 Å². The van der Waals surface area contributed by atoms with Crippen LogP contribution in [0.5, 0.6) is 0 Å². The quantitative estimate of drug-likeness (QED) is 0.492. The summed E-state index contributed by atoms with van der Waals surface area (Å²) >= 11 is 0. The third-order valence-corrected chi connectivity index (χ3v) is 4.30. The van der Waals surface area contributed by atoms with E-state index in [1.54, 1.807) is 6.92 Å². The van der Waals surface area contributed by atoms with Gasteiger partial charge >= 0.3 is 6.18 Å². The van der Waals surface area contributed by atoms with Gasteiger partial charge in [-0.2, -0.15) is 13.2 Å². The summed E-state index contributed by atoms with van der Waals surface area (Å²) < 4.78 is 43.4. The van der Waals surface area contributed by atoms with Crippen LogP contribution in [0.4, 0.5) is 13.2 Å². The molecule has 0 bridgehead atoms. The van der Waals surface area contributed by atoms with Crippen LogP contribution < -0.4 is 21.3 Å². The third kappa shape index (κ3) is 6.47. The fourth-order valence-electron chi connectivity index (χ4n) is 2.74. The van der Waals surface area contributed by atoms with Gasteiger partial charge in [0, 0.05) is 0 Å². The van der Waals surface area contributed by atoms with Gasteiger partial charge in [-0.15, -0.1) is 0 Å². The number of alkyl halides is 3. The van der Waals surface area contributed by atoms with Crippen molar-refractivity contribution in [2.45, 2.75) is 44.4 Å². The molecule has 4 N–H and O–H groups in total. The third-order valence-electron chi connectivity index (χ3n) is 4.30. The van der Waals surface area contributed by atoms with Gasteiger partial charge in [-0.25, -0.2) is 0 Å². The number of amides is 2. The number of carbonyl (C=O) groups excluding carboxylic acids is 2. The minimum absolute atomic E-state index is 0.0536. The SMILES string of the molecule is CNCCCOC1NC(=O)CC(C(=O)NC(C)c2ccc(C(F)(F)F)cc2)N1. The lowest BCUT2D eigenvalue weighted by molar-refractivity contribution is -0.139. The molecule has 1 fully saturated rings. The van der Waals surface area contributed by atoms with Gasteiger partial charge < -0.3 is 20.7 Å². The summed E-state index contributed by atoms with van der Waals surface area (Å²) in [5.41, 5.74) is -0.222. The molecule has 3 unspecified atom stereocenters. The monoisotopic (exact) mass is 402 g/mol. The molecular formula is C18H25F3N4O3. The molecule has 10 heteroatoms. The fraction of sp³-hybridized carbons (Fsp3) is 0.556. The zero-order chi connectivity index (χ0) is 20.7. The standard InChI is InChI=1S/C18H25F3N4O3/c1-11(12-4-6-13(7-5-12)18(19,20)21)23-16(27)14-10-15(26)25-17(24-14)28-9-3-8-22-2/h4-7,11,14,17,22,24H,3,8-10H2,1-2H3,(H,23,27)(H,25,26). The Morgan fingerprint density at radius 1 is 1.32 bits per heavy atom. The molecule has 28 heavy (non-hydrogen) atoms. The molecule has 0 saturated carbocycles. The second-order valence-electron chi connectivity index (χ2n) is 6.55. The van der Waals surface area contributed by atoms with E-state index >= 15 is 0 Å². The summed E-state index contributed by atoms with van der Waals surface area (Å²) in [6.07, 6.45) is -4.49. The predicted molar refractivity (Wildman–Crippen MR) is 96.0 cm³/mol. The highest BCUT2D eigenvalue weighted by molar-refractivity contribution is 5.89. The molecule has 3 atom stereocenters. The molecule has 2 amide bonds. The van der Waals surface area contributed by atoms with E-state index in [-0.39, 0.29) is 12.3 Å². The Morgan fingerprint density at radius 3 is 2.61 bits per heavy atom. The van der Waals surface area contributed by atoms with Gasteiger partial charge in [0.15, 0.2) is 6.35 Å². The van der Waals surface area contributed by atoms with Crippen LogP contribution in [0.15, 0.2) is 24.3 Å². The number of hydrogen-bond acceptors (Lipinski definition) is 5. The Labute approximate surface area is 161 Å². The van der Waals surface area contributed by atoms with E-state index in [1.165, 1.54) is 12.1 Å². The Morgan fingerprint density at radius 2 is 2.00 bits per heavy atom. The van der Waals surface area contributed by atoms with E-state index in [0.717, 1.165) is 25.1 Å². The van der Waals surface area contributed by atoms with Crippen molar-refractivity contribution in [2.75, 3.05) is 20.2 Å². The molecule has 0 spiro atoms. The van der Waals surface area contributed by atoms with Crippen LogP contribution in [-0.2, 0) is 20.5 Å². The van der Waals surface area contributed by atoms with Crippen molar-refractivity contribution < 1.29 is 27.5 Å². The van der Waals surface area contributed by atoms with Crippen molar-refractivity contribution in [1.29, 1.82) is 0 Å². The van der Waals surface area contributed by atoms with Crippen molar-refractivity contribution in [3.8, 4) is 0 Å². The largest absolute Gasteiger partial charge is 0.416 e. The van der Waals surface area contributed by atoms with Crippen molar-refractivity contribution >= 4 is 11.8 Å². The Bertz CT molecular complexity index is 667. The lowest BCUT2D eigenvalue weighted by Crippen LogP contribution is -2.61. The molecule has 1 saturated heterocycles. The van der Waals surface area contributed by atoms with Gasteiger partial charge in [0.05, 0.1) is 30.7 Å². The average molecular weight is 402 g/mol. The molecule has 156 valence electrons. The Kier molecular flexibility index (Phi) is 7.78. The molecule has 1 aromatic carbocycles. The van der Waals surface area contributed by atoms with E-state index in [4.69, 9.17) is 4.74 Å². The molecule has 1 heterocycles. The first-order chi connectivity index (χ1) is 13.2. The average Bonchev–Trinajstić information content (AvgIpc) is 2.64. The van der Waals surface area contributed by atoms with Crippen LogP contribution >= 0.6 is 0 Å². The second-order valence-corrected chi connectivity index (χ2v) is 6.55. The molecule has 0 aliphatic carbocycles. The van der Waals surface area contributed by atoms with Gasteiger partial charge in [0.25, 0.3) is 0 Å². The van der Waals surface area contributed by atoms with E-state index in [9.17, 15) is 22.8 Å². The molecule has 1 aromatic rings. The molecule has 0 aromatic heterocycles. The number of ether oxygens (including phenoxy) is 1. The summed E-state index contributed by atoms with van der Waals surface area (Å²) in [5, 5.41) is 11.2. The molecule has 7 nitrogen and oxygen atoms in total. The first kappa shape index (κ1) is 22.1. The van der Waals surface area contributed by atoms with E-state index in [1.807, 2.05) is 7.05 Å². The van der Waals surface area contributed by atoms with Crippen molar-refractivity contribution in [3.63, 3.8) is 0 Å². The Balaban J connectivity index is 1.90. The normalized spacial score (nSPS) is 21.1. The molecule has 1 aliphatic heterocycles. The van der Waals surface area contributed by atoms with Crippen LogP contribution in [0.1, 0.15) is 36.9 Å². The second kappa shape index (κ2) is 9.85. The van der Waals surface area contributed by atoms with Gasteiger partial charge in [0.2, 0.25) is 11.8 Å². The van der Waals surface area contributed by atoms with Crippen molar-refractivity contribution in [3.05, 3.63) is 35.4 Å². The Hall–Kier alpha value is -2.17. The first-order valence-electron chi connectivity index (χ1n) is 9.00. The highest BCUT2D eigenvalue weighted by atomic mass is 19.4. The van der Waals surface area contributed by atoms with E-state index < -0.39 is 36.1 Å². The molecule has 2 rings (SSSR count). The van der Waals surface area contributed by atoms with Gasteiger partial charge in [0.1, 0.15) is 0 Å². The summed E-state index contributed by atoms with van der Waals surface area (Å²) in [6, 6.07) is 3.28. The van der Waals surface area contributed by atoms with Gasteiger partial charge in [-0.1, -0.05) is 12.1 Å². The molecule has 1 aliphatic rings. The van der Waals surface area contributed by atoms with Crippen molar-refractivity contribution in [2.24, 2.45) is 0 Å². The maximum atomic E-state index is 12.6. The van der Waals surface area contributed by atoms with Crippen LogP contribution in [0, 0.1) is 0 Å². The number of rotatable bonds is 8. The number of halogens is 3. The molecule has 0 radical (unpaired) electrons. The minimum atomic E-state index is -4.41. The van der Waals surface area contributed by atoms with Crippen LogP contribution in [-0.4, -0.2) is 44.4 Å². The minimum Gasteiger partial charge on any atom is -0.348 e. The highest BCUT2D eigenvalue weighted by Gasteiger charge is 2.32. The number of nitrogens with one attached hydrogen (secondary N) is 4. The number of carbonyl (C=O) groups is 2. The van der Waals surface area contributed by atoms with Crippen LogP contribution in [0.2, 0.25) is 0 Å². The zero-order valence-electron chi connectivity index (χ0n) is 15.7. The smallest absolute Gasteiger partial charge is 0.348 e. The van der Waals surface area contributed by atoms with Crippen LogP contribution in [0.3, 0.4) is 0 Å². The van der Waals surface area contributed by atoms with Gasteiger partial charge in [-0.05, 0) is 44.6 Å². The topological polar surface area (TPSA) is 91.5 Å². The summed E-state index contributed by atoms with van der Waals surface area (Å²) in [6.45, 7) is 2.82. The maximum Gasteiger partial charge on any atom is 0.416 e. The predicted octanol–water partition coefficient (Wildman–Crippen LogP) is 1.27. The summed E-state index contributed by atoms with van der Waals surface area (Å²) in [4.78, 5) is 24.3. The van der Waals surface area contributed by atoms with Crippen LogP contribution in [0.25, 0.3) is 0 Å². The fourth-order valence-corrected chi connectivity index (χ4v) is 2.74. The van der Waals surface area contributed by atoms with E-state index in [0.29, 0.717) is 12.2 Å². The first-order valence-corrected chi connectivity index (χ1v) is 9.00. The number of benzene rings is 1. The van der Waals surface area contributed by atoms with Crippen molar-refractivity contribution in [1.82, 2.24) is 21.3 Å². The summed E-state index contributed by atoms with van der Waals surface area (Å²) in [5.74, 6) is -0.745. The van der Waals surface area contributed by atoms with E-state index in [2.05, 4.69) is 21.3 Å². The lowest BCUT2D eigenvalue weighted by Gasteiger charge is -2.31. The highest BCUT2D eigenvalue weighted by Crippen LogP contribution is 2.29. The lowest BCUT2D eigenvalue weighted by atomic mass is 10.0. The molecular weight excluding hydrogens is 377 g/mol.